The summed E-state index contributed by atoms with van der Waals surface area (Å²) in [4.78, 5) is 21.1. The van der Waals surface area contributed by atoms with Crippen molar-refractivity contribution in [2.75, 3.05) is 0 Å². The summed E-state index contributed by atoms with van der Waals surface area (Å²) < 4.78 is 0. The van der Waals surface area contributed by atoms with Gasteiger partial charge in [0.2, 0.25) is 11.8 Å². The number of carbonyl (C=O) groups is 2. The van der Waals surface area contributed by atoms with Crippen LogP contribution in [0.5, 0.6) is 0 Å². The van der Waals surface area contributed by atoms with E-state index in [-0.39, 0.29) is 30.3 Å². The molecule has 2 amide bonds. The van der Waals surface area contributed by atoms with Gasteiger partial charge in [0.15, 0.2) is 0 Å². The molecule has 0 aromatic carbocycles. The first-order valence-corrected chi connectivity index (χ1v) is 5.97. The Morgan fingerprint density at radius 3 is 1.28 bits per heavy atom. The fourth-order valence-corrected chi connectivity index (χ4v) is 1.03. The molecule has 0 aliphatic rings. The van der Waals surface area contributed by atoms with Gasteiger partial charge in [0, 0.05) is 24.4 Å². The molecule has 4 nitrogen and oxygen atoms in total. The fourth-order valence-electron chi connectivity index (χ4n) is 1.03. The van der Waals surface area contributed by atoms with Crippen LogP contribution in [0.2, 0.25) is 0 Å². The highest BCUT2D eigenvalue weighted by Gasteiger charge is 2.11. The second-order valence-corrected chi connectivity index (χ2v) is 6.08. The summed E-state index contributed by atoms with van der Waals surface area (Å²) >= 11 is 0. The number of rotatable bonds is 1. The maximum atomic E-state index is 10.7. The highest BCUT2D eigenvalue weighted by molar-refractivity contribution is 5.76. The Bertz CT molecular complexity index is 248. The van der Waals surface area contributed by atoms with Crippen molar-refractivity contribution in [1.29, 1.82) is 0 Å². The van der Waals surface area contributed by atoms with Gasteiger partial charge in [0.1, 0.15) is 0 Å². The normalized spacial score (nSPS) is 10.4. The Labute approximate surface area is 113 Å². The first kappa shape index (κ1) is 22.1. The molecular weight excluding hydrogens is 228 g/mol. The predicted octanol–water partition coefficient (Wildman–Crippen LogP) is 2.87. The Morgan fingerprint density at radius 2 is 1.22 bits per heavy atom. The number of amides is 2. The Hall–Kier alpha value is -1.06. The van der Waals surface area contributed by atoms with Gasteiger partial charge >= 0.3 is 0 Å². The lowest BCUT2D eigenvalue weighted by Crippen LogP contribution is -2.40. The molecule has 0 unspecified atom stereocenters. The molecule has 0 bridgehead atoms. The van der Waals surface area contributed by atoms with Crippen molar-refractivity contribution >= 4 is 11.8 Å². The van der Waals surface area contributed by atoms with Crippen LogP contribution in [0, 0.1) is 0 Å². The zero-order valence-corrected chi connectivity index (χ0v) is 12.5. The minimum atomic E-state index is -0.0775. The molecule has 0 saturated heterocycles. The lowest BCUT2D eigenvalue weighted by molar-refractivity contribution is -0.122. The van der Waals surface area contributed by atoms with E-state index in [4.69, 9.17) is 0 Å². The molecule has 0 aromatic rings. The van der Waals surface area contributed by atoms with E-state index >= 15 is 0 Å². The van der Waals surface area contributed by atoms with Crippen molar-refractivity contribution in [3.63, 3.8) is 0 Å². The summed E-state index contributed by atoms with van der Waals surface area (Å²) in [6, 6.07) is 0. The monoisotopic (exact) mass is 260 g/mol. The molecule has 0 spiro atoms. The van der Waals surface area contributed by atoms with Gasteiger partial charge in [0.05, 0.1) is 0 Å². The van der Waals surface area contributed by atoms with E-state index in [1.807, 2.05) is 48.5 Å². The molecule has 0 heterocycles. The Morgan fingerprint density at radius 1 is 0.889 bits per heavy atom. The zero-order chi connectivity index (χ0) is 14.3. The summed E-state index contributed by atoms with van der Waals surface area (Å²) in [7, 11) is 0. The van der Waals surface area contributed by atoms with Crippen molar-refractivity contribution in [3.8, 4) is 0 Å². The van der Waals surface area contributed by atoms with Gasteiger partial charge in [-0.25, -0.2) is 0 Å². The zero-order valence-electron chi connectivity index (χ0n) is 12.5. The first-order chi connectivity index (χ1) is 7.37. The van der Waals surface area contributed by atoms with Crippen LogP contribution in [0.25, 0.3) is 0 Å². The topological polar surface area (TPSA) is 58.2 Å². The third-order valence-corrected chi connectivity index (χ3v) is 1.39. The molecule has 0 aromatic heterocycles. The van der Waals surface area contributed by atoms with E-state index in [1.165, 1.54) is 6.92 Å². The molecule has 0 rings (SSSR count). The van der Waals surface area contributed by atoms with Crippen LogP contribution in [0.3, 0.4) is 0 Å². The molecule has 110 valence electrons. The van der Waals surface area contributed by atoms with Crippen molar-refractivity contribution in [3.05, 3.63) is 0 Å². The number of nitrogens with one attached hydrogen (secondary N) is 2. The average Bonchev–Trinajstić information content (AvgIpc) is 1.96. The predicted molar refractivity (Wildman–Crippen MR) is 78.5 cm³/mol. The molecule has 0 atom stereocenters. The summed E-state index contributed by atoms with van der Waals surface area (Å²) in [6.45, 7) is 15.1. The molecule has 0 saturated carbocycles. The van der Waals surface area contributed by atoms with Gasteiger partial charge in [-0.05, 0) is 41.5 Å². The molecular formula is C14H32N2O2. The maximum absolute atomic E-state index is 10.7. The maximum Gasteiger partial charge on any atom is 0.220 e. The van der Waals surface area contributed by atoms with Gasteiger partial charge in [-0.15, -0.1) is 0 Å². The van der Waals surface area contributed by atoms with Crippen LogP contribution in [-0.2, 0) is 9.59 Å². The molecule has 0 fully saturated rings. The quantitative estimate of drug-likeness (QED) is 0.761. The lowest BCUT2D eigenvalue weighted by atomic mass is 10.1. The average molecular weight is 260 g/mol. The van der Waals surface area contributed by atoms with Gasteiger partial charge in [-0.3, -0.25) is 9.59 Å². The highest BCUT2D eigenvalue weighted by atomic mass is 16.2. The van der Waals surface area contributed by atoms with Crippen LogP contribution in [0.4, 0.5) is 0 Å². The molecule has 0 radical (unpaired) electrons. The van der Waals surface area contributed by atoms with Crippen LogP contribution in [-0.4, -0.2) is 22.9 Å². The van der Waals surface area contributed by atoms with Gasteiger partial charge in [0.25, 0.3) is 0 Å². The first-order valence-electron chi connectivity index (χ1n) is 5.97. The Kier molecular flexibility index (Phi) is 11.0. The summed E-state index contributed by atoms with van der Waals surface area (Å²) in [5, 5.41) is 5.57. The molecule has 4 heteroatoms. The van der Waals surface area contributed by atoms with Crippen molar-refractivity contribution in [1.82, 2.24) is 10.6 Å². The second kappa shape index (κ2) is 8.95. The largest absolute Gasteiger partial charge is 0.352 e. The van der Waals surface area contributed by atoms with E-state index in [2.05, 4.69) is 10.6 Å². The third kappa shape index (κ3) is 24.3. The Balaban J connectivity index is -0.000000238. The number of hydrogen-bond acceptors (Lipinski definition) is 2. The molecule has 2 N–H and O–H groups in total. The van der Waals surface area contributed by atoms with E-state index in [1.54, 1.807) is 0 Å². The van der Waals surface area contributed by atoms with Crippen LogP contribution in [0.1, 0.15) is 69.2 Å². The smallest absolute Gasteiger partial charge is 0.220 e. The van der Waals surface area contributed by atoms with E-state index < -0.39 is 0 Å². The highest BCUT2D eigenvalue weighted by Crippen LogP contribution is 1.98. The van der Waals surface area contributed by atoms with E-state index in [0.717, 1.165) is 0 Å². The number of carbonyl (C=O) groups excluding carboxylic acids is 2. The SMILES string of the molecule is C.CC(=O)NC(C)(C)C.CCC(=O)NC(C)(C)C. The second-order valence-electron chi connectivity index (χ2n) is 6.08. The fraction of sp³-hybridized carbons (Fsp3) is 0.857. The van der Waals surface area contributed by atoms with Crippen LogP contribution in [0.15, 0.2) is 0 Å². The van der Waals surface area contributed by atoms with Crippen molar-refractivity contribution < 1.29 is 9.59 Å². The van der Waals surface area contributed by atoms with E-state index in [0.29, 0.717) is 6.42 Å². The number of hydrogen-bond donors (Lipinski definition) is 2. The lowest BCUT2D eigenvalue weighted by Gasteiger charge is -2.19. The summed E-state index contributed by atoms with van der Waals surface area (Å²) in [6.07, 6.45) is 0.567. The third-order valence-electron chi connectivity index (χ3n) is 1.39. The molecule has 18 heavy (non-hydrogen) atoms. The van der Waals surface area contributed by atoms with Crippen molar-refractivity contribution in [2.24, 2.45) is 0 Å². The standard InChI is InChI=1S/C7H15NO.C6H13NO.CH4/c1-5-6(9)8-7(2,3)4;1-5(8)7-6(2,3)4;/h5H2,1-4H3,(H,8,9);1-4H3,(H,7,8);1H4. The van der Waals surface area contributed by atoms with Gasteiger partial charge in [-0.2, -0.15) is 0 Å². The van der Waals surface area contributed by atoms with Crippen LogP contribution >= 0.6 is 0 Å². The molecule has 0 aliphatic carbocycles. The minimum Gasteiger partial charge on any atom is -0.352 e. The van der Waals surface area contributed by atoms with Gasteiger partial charge < -0.3 is 10.6 Å². The molecule has 0 aliphatic heterocycles. The summed E-state index contributed by atoms with van der Waals surface area (Å²) in [5.41, 5.74) is -0.154. The summed E-state index contributed by atoms with van der Waals surface area (Å²) in [5.74, 6) is 0.139. The minimum absolute atomic E-state index is 0. The van der Waals surface area contributed by atoms with E-state index in [9.17, 15) is 9.59 Å². The van der Waals surface area contributed by atoms with Gasteiger partial charge in [-0.1, -0.05) is 14.4 Å². The van der Waals surface area contributed by atoms with Crippen molar-refractivity contribution in [2.45, 2.75) is 80.3 Å². The van der Waals surface area contributed by atoms with Crippen LogP contribution < -0.4 is 10.6 Å².